The summed E-state index contributed by atoms with van der Waals surface area (Å²) in [7, 11) is 0. The predicted molar refractivity (Wildman–Crippen MR) is 293 cm³/mol. The molecule has 1 fully saturated rings. The van der Waals surface area contributed by atoms with Gasteiger partial charge in [-0.1, -0.05) is 36.4 Å². The average Bonchev–Trinajstić information content (AvgIpc) is 1.72. The zero-order valence-electron chi connectivity index (χ0n) is 44.6. The molecular formula is C55H56F2N6O21S. The summed E-state index contributed by atoms with van der Waals surface area (Å²) in [6, 6.07) is 7.73. The minimum absolute atomic E-state index is 0.0284. The number of rotatable bonds is 32. The zero-order valence-corrected chi connectivity index (χ0v) is 45.4. The number of carbonyl (C=O) groups excluding carboxylic acids is 6. The van der Waals surface area contributed by atoms with E-state index in [1.807, 2.05) is 10.6 Å². The van der Waals surface area contributed by atoms with Crippen LogP contribution in [0.4, 0.5) is 19.3 Å². The molecule has 1 unspecified atom stereocenters. The van der Waals surface area contributed by atoms with Gasteiger partial charge in [0.15, 0.2) is 17.4 Å². The number of carbonyl (C=O) groups is 11. The van der Waals surface area contributed by atoms with E-state index in [1.54, 1.807) is 30.3 Å². The fraction of sp³-hybridized carbons (Fsp3) is 0.345. The summed E-state index contributed by atoms with van der Waals surface area (Å²) in [6.45, 7) is 0.270. The van der Waals surface area contributed by atoms with E-state index in [2.05, 4.69) is 16.0 Å². The van der Waals surface area contributed by atoms with Crippen molar-refractivity contribution in [1.82, 2.24) is 26.6 Å². The number of halogens is 2. The van der Waals surface area contributed by atoms with Crippen molar-refractivity contribution in [3.63, 3.8) is 0 Å². The van der Waals surface area contributed by atoms with Crippen molar-refractivity contribution in [2.45, 2.75) is 80.8 Å². The van der Waals surface area contributed by atoms with Gasteiger partial charge in [-0.3, -0.25) is 33.6 Å². The molecular weight excluding hydrogens is 1150 g/mol. The third kappa shape index (κ3) is 18.0. The van der Waals surface area contributed by atoms with Crippen LogP contribution in [0.3, 0.4) is 0 Å². The summed E-state index contributed by atoms with van der Waals surface area (Å²) in [5.74, 6) is -15.2. The van der Waals surface area contributed by atoms with Crippen LogP contribution >= 0.6 is 11.8 Å². The van der Waals surface area contributed by atoms with Gasteiger partial charge in [0.25, 0.3) is 0 Å². The van der Waals surface area contributed by atoms with Gasteiger partial charge in [0.2, 0.25) is 35.0 Å². The minimum Gasteiger partial charge on any atom is -0.505 e. The highest BCUT2D eigenvalue weighted by atomic mass is 32.2. The number of anilines is 1. The van der Waals surface area contributed by atoms with E-state index in [4.69, 9.17) is 19.0 Å². The van der Waals surface area contributed by atoms with Crippen molar-refractivity contribution in [2.24, 2.45) is 0 Å². The van der Waals surface area contributed by atoms with Crippen LogP contribution < -0.4 is 36.9 Å². The maximum atomic E-state index is 14.8. The molecule has 0 bridgehead atoms. The van der Waals surface area contributed by atoms with Crippen molar-refractivity contribution in [3.05, 3.63) is 106 Å². The molecule has 7 amide bonds. The van der Waals surface area contributed by atoms with Crippen molar-refractivity contribution < 1.29 is 106 Å². The van der Waals surface area contributed by atoms with E-state index < -0.39 is 148 Å². The van der Waals surface area contributed by atoms with Crippen LogP contribution in [-0.4, -0.2) is 164 Å². The number of hydrogen-bond acceptors (Lipinski definition) is 17. The number of amides is 7. The highest BCUT2D eigenvalue weighted by Crippen LogP contribution is 2.44. The highest BCUT2D eigenvalue weighted by Gasteiger charge is 2.41. The Hall–Kier alpha value is -9.55. The Morgan fingerprint density at radius 3 is 1.99 bits per heavy atom. The normalized spacial score (nSPS) is 14.5. The number of carboxylic acid groups (broad SMARTS) is 5. The number of hydrogen-bond donors (Lipinski definition) is 11. The third-order valence-electron chi connectivity index (χ3n) is 12.9. The number of fused-ring (bicyclic) bond motifs is 2. The Bertz CT molecular complexity index is 3400. The summed E-state index contributed by atoms with van der Waals surface area (Å²) in [5.41, 5.74) is -1.94. The number of nitrogens with zero attached hydrogens (tertiary/aromatic N) is 1. The summed E-state index contributed by atoms with van der Waals surface area (Å²) in [4.78, 5) is 151. The molecule has 0 saturated carbocycles. The van der Waals surface area contributed by atoms with Crippen LogP contribution in [0.25, 0.3) is 33.4 Å². The Morgan fingerprint density at radius 1 is 0.682 bits per heavy atom. The molecule has 2 aliphatic heterocycles. The number of thioether (sulfide) groups is 1. The first-order valence-electron chi connectivity index (χ1n) is 25.9. The van der Waals surface area contributed by atoms with E-state index in [1.165, 1.54) is 12.1 Å². The van der Waals surface area contributed by atoms with Gasteiger partial charge in [-0.15, -0.1) is 11.8 Å². The summed E-state index contributed by atoms with van der Waals surface area (Å²) in [5, 5.41) is 68.2. The van der Waals surface area contributed by atoms with Gasteiger partial charge in [0, 0.05) is 86.3 Å². The Morgan fingerprint density at radius 2 is 1.34 bits per heavy atom. The molecule has 0 spiro atoms. The lowest BCUT2D eigenvalue weighted by molar-refractivity contribution is -0.142. The molecule has 3 aromatic carbocycles. The molecule has 0 aromatic heterocycles. The number of aliphatic carboxylic acids is 4. The Labute approximate surface area is 483 Å². The van der Waals surface area contributed by atoms with Crippen molar-refractivity contribution >= 4 is 93.8 Å². The highest BCUT2D eigenvalue weighted by molar-refractivity contribution is 8.00. The molecule has 3 aromatic rings. The van der Waals surface area contributed by atoms with Crippen LogP contribution in [0.5, 0.6) is 5.75 Å². The van der Waals surface area contributed by atoms with Gasteiger partial charge in [-0.25, -0.2) is 37.7 Å². The second-order valence-electron chi connectivity index (χ2n) is 18.9. The van der Waals surface area contributed by atoms with Gasteiger partial charge < -0.3 is 71.1 Å². The molecule has 5 atom stereocenters. The predicted octanol–water partition coefficient (Wildman–Crippen LogP) is 2.69. The molecule has 3 aliphatic rings. The quantitative estimate of drug-likeness (QED) is 0.0167. The number of ether oxygens (including phenoxy) is 2. The molecule has 2 heterocycles. The van der Waals surface area contributed by atoms with Crippen LogP contribution in [-0.2, 0) is 59.0 Å². The number of aromatic hydroxyl groups is 1. The fourth-order valence-electron chi connectivity index (χ4n) is 8.65. The molecule has 30 heteroatoms. The second-order valence-corrected chi connectivity index (χ2v) is 20.2. The molecule has 1 aliphatic carbocycles. The first-order valence-corrected chi connectivity index (χ1v) is 26.9. The molecule has 0 radical (unpaired) electrons. The number of carboxylic acids is 5. The number of nitrogens with one attached hydrogen (secondary N) is 5. The Balaban J connectivity index is 0.965. The molecule has 1 saturated heterocycles. The Kier molecular flexibility index (Phi) is 22.9. The standard InChI is InChI=1S/C55H56F2N6O21S/c56-33-21-31-41(23-39(33)64)84-42-24-40(65)34(57)22-32(42)48(31)29-8-7-28(20-30(29)51(73)74)63-46(68)25-43(50(63)72)85-26-38(54(79)80)60-49(71)37(19-27-5-2-1-3-6-27)59-45(67)13-17-82-15-4-16-83-18-14-58-44(66)11-9-35(52(75)76)61-55(81)62-36(53(77)78)10-12-47(69)70/h1-3,5-8,20-24,35-38,43,64H,4,9-19,25-26H2,(H,58,66)(H,59,67)(H,60,71)(H,69,70)(H,73,74)(H,75,76)(H,77,78)(H,79,80)(H2,61,62,81)/t35-,36-,37-,38-,43?/m0/s1. The number of urea groups is 1. The summed E-state index contributed by atoms with van der Waals surface area (Å²) < 4.78 is 46.2. The first kappa shape index (κ1) is 64.6. The fourth-order valence-corrected chi connectivity index (χ4v) is 9.81. The zero-order chi connectivity index (χ0) is 62.1. The van der Waals surface area contributed by atoms with Crippen LogP contribution in [0, 0.1) is 11.6 Å². The number of aromatic carboxylic acids is 1. The number of imide groups is 1. The number of phenolic OH excluding ortho intramolecular Hbond substituents is 1. The topological polar surface area (TPSA) is 421 Å². The lowest BCUT2D eigenvalue weighted by atomic mass is 9.90. The van der Waals surface area contributed by atoms with Crippen LogP contribution in [0.1, 0.15) is 60.9 Å². The van der Waals surface area contributed by atoms with Crippen molar-refractivity contribution in [1.29, 1.82) is 0 Å². The van der Waals surface area contributed by atoms with E-state index in [0.29, 0.717) is 16.9 Å². The lowest BCUT2D eigenvalue weighted by Gasteiger charge is -2.22. The first-order chi connectivity index (χ1) is 40.4. The minimum atomic E-state index is -1.66. The summed E-state index contributed by atoms with van der Waals surface area (Å²) >= 11 is 0.720. The van der Waals surface area contributed by atoms with E-state index in [0.717, 1.165) is 42.1 Å². The van der Waals surface area contributed by atoms with Gasteiger partial charge in [-0.2, -0.15) is 0 Å². The second kappa shape index (κ2) is 30.1. The largest absolute Gasteiger partial charge is 0.505 e. The SMILES string of the molecule is O=C(O)CC[C@H](NC(=O)N[C@@H](CCC(=O)NCCOCCCOCCC(=O)N[C@@H](Cc1ccccc1)C(=O)N[C@@H](CSC1CC(=O)N(c2ccc(-c3c4cc(F)c(=O)cc-4oc4cc(O)c(F)cc34)c(C(=O)O)c2)C1=O)C(=O)O)C(=O)O)C(=O)O. The monoisotopic (exact) mass is 1210 g/mol. The van der Waals surface area contributed by atoms with E-state index in [-0.39, 0.29) is 97.8 Å². The van der Waals surface area contributed by atoms with Crippen LogP contribution in [0.2, 0.25) is 0 Å². The van der Waals surface area contributed by atoms with Gasteiger partial charge in [-0.05, 0) is 54.7 Å². The molecule has 85 heavy (non-hydrogen) atoms. The van der Waals surface area contributed by atoms with Crippen molar-refractivity contribution in [2.75, 3.05) is 43.6 Å². The van der Waals surface area contributed by atoms with E-state index in [9.17, 15) is 91.8 Å². The van der Waals surface area contributed by atoms with E-state index >= 15 is 0 Å². The third-order valence-corrected chi connectivity index (χ3v) is 14.2. The van der Waals surface area contributed by atoms with Crippen LogP contribution in [0.15, 0.2) is 82.0 Å². The smallest absolute Gasteiger partial charge is 0.336 e. The molecule has 27 nitrogen and oxygen atoms in total. The van der Waals surface area contributed by atoms with Gasteiger partial charge >= 0.3 is 35.9 Å². The maximum absolute atomic E-state index is 14.8. The number of benzene rings is 4. The molecule has 11 N–H and O–H groups in total. The molecule has 6 rings (SSSR count). The summed E-state index contributed by atoms with van der Waals surface area (Å²) in [6.07, 6.45) is -2.15. The average molecular weight is 1210 g/mol. The molecule has 452 valence electrons. The van der Waals surface area contributed by atoms with Crippen molar-refractivity contribution in [3.8, 4) is 28.2 Å². The lowest BCUT2D eigenvalue weighted by Crippen LogP contribution is -2.53. The maximum Gasteiger partial charge on any atom is 0.336 e. The van der Waals surface area contributed by atoms with Gasteiger partial charge in [0.1, 0.15) is 35.5 Å². The van der Waals surface area contributed by atoms with Gasteiger partial charge in [0.05, 0.1) is 29.7 Å². The number of phenols is 1.